The standard InChI is InChI=1S/C37H39N7O5S/c1-23-19-27(49-26-10-6-5-7-11-26)12-13-28(23)44-29-14-15-39-34-30(29)31(42-36(44)47)32(50-34)33(45)41-25-9-8-17-43(22-25)35(46)24(21-38)20-37(2,3)40-16-18-48-4/h5-7,10-15,19-20,25,40H,8-9,16-18,22H2,1-4H3,(H,41,45)(H,42,47). The predicted molar refractivity (Wildman–Crippen MR) is 193 cm³/mol. The lowest BCUT2D eigenvalue weighted by Crippen LogP contribution is -2.50. The average Bonchev–Trinajstić information content (AvgIpc) is 3.47. The summed E-state index contributed by atoms with van der Waals surface area (Å²) >= 11 is 1.20. The number of anilines is 3. The lowest BCUT2D eigenvalue weighted by Gasteiger charge is -2.33. The van der Waals surface area contributed by atoms with E-state index in [1.807, 2.05) is 69.3 Å². The maximum atomic E-state index is 13.8. The van der Waals surface area contributed by atoms with Gasteiger partial charge in [-0.3, -0.25) is 14.5 Å². The Morgan fingerprint density at radius 1 is 1.16 bits per heavy atom. The minimum Gasteiger partial charge on any atom is -0.457 e. The van der Waals surface area contributed by atoms with Gasteiger partial charge in [0.2, 0.25) is 0 Å². The number of nitriles is 1. The van der Waals surface area contributed by atoms with Crippen molar-refractivity contribution in [1.82, 2.24) is 20.5 Å². The number of benzene rings is 2. The molecule has 2 aliphatic rings. The Hall–Kier alpha value is -5.29. The molecule has 4 amide bonds. The zero-order valence-corrected chi connectivity index (χ0v) is 29.2. The van der Waals surface area contributed by atoms with Gasteiger partial charge in [-0.15, -0.1) is 11.3 Å². The van der Waals surface area contributed by atoms with Crippen molar-refractivity contribution in [3.8, 4) is 17.6 Å². The van der Waals surface area contributed by atoms with Gasteiger partial charge in [0, 0.05) is 44.5 Å². The van der Waals surface area contributed by atoms with Gasteiger partial charge in [0.1, 0.15) is 32.8 Å². The number of aryl methyl sites for hydroxylation is 1. The summed E-state index contributed by atoms with van der Waals surface area (Å²) in [5.74, 6) is 0.620. The molecule has 0 spiro atoms. The molecule has 0 saturated carbocycles. The molecule has 3 N–H and O–H groups in total. The van der Waals surface area contributed by atoms with Gasteiger partial charge in [0.05, 0.1) is 29.1 Å². The molecule has 6 rings (SSSR count). The largest absolute Gasteiger partial charge is 0.457 e. The molecule has 2 aromatic carbocycles. The molecule has 12 nitrogen and oxygen atoms in total. The number of hydrogen-bond acceptors (Lipinski definition) is 9. The van der Waals surface area contributed by atoms with Crippen LogP contribution in [-0.4, -0.2) is 72.7 Å². The minimum absolute atomic E-state index is 0.0419. The Labute approximate surface area is 294 Å². The SMILES string of the molecule is COCCNC(C)(C)C=C(C#N)C(=O)N1CCCC(NC(=O)c2sc3nccc4c3c2NC(=O)N4c2ccc(Oc3ccccc3)cc2C)C1. The summed E-state index contributed by atoms with van der Waals surface area (Å²) in [5, 5.41) is 19.8. The van der Waals surface area contributed by atoms with Crippen LogP contribution in [0.4, 0.5) is 21.9 Å². The van der Waals surface area contributed by atoms with E-state index in [2.05, 4.69) is 27.0 Å². The number of nitrogens with zero attached hydrogens (tertiary/aromatic N) is 4. The smallest absolute Gasteiger partial charge is 0.331 e. The number of methoxy groups -OCH3 is 1. The van der Waals surface area contributed by atoms with Crippen LogP contribution in [0.1, 0.15) is 41.9 Å². The highest BCUT2D eigenvalue weighted by atomic mass is 32.1. The highest BCUT2D eigenvalue weighted by Crippen LogP contribution is 2.46. The number of aromatic nitrogens is 1. The summed E-state index contributed by atoms with van der Waals surface area (Å²) in [6, 6.07) is 18.1. The van der Waals surface area contributed by atoms with E-state index in [1.165, 1.54) is 11.3 Å². The molecule has 0 radical (unpaired) electrons. The molecule has 1 unspecified atom stereocenters. The van der Waals surface area contributed by atoms with Crippen LogP contribution in [0.2, 0.25) is 0 Å². The molecule has 1 fully saturated rings. The van der Waals surface area contributed by atoms with Crippen LogP contribution >= 0.6 is 11.3 Å². The lowest BCUT2D eigenvalue weighted by atomic mass is 9.99. The molecule has 258 valence electrons. The monoisotopic (exact) mass is 693 g/mol. The summed E-state index contributed by atoms with van der Waals surface area (Å²) in [6.45, 7) is 7.50. The number of urea groups is 1. The number of rotatable bonds is 11. The van der Waals surface area contributed by atoms with Crippen molar-refractivity contribution in [2.24, 2.45) is 0 Å². The summed E-state index contributed by atoms with van der Waals surface area (Å²) in [7, 11) is 1.61. The lowest BCUT2D eigenvalue weighted by molar-refractivity contribution is -0.128. The number of nitrogens with one attached hydrogen (secondary N) is 3. The number of likely N-dealkylation sites (tertiary alicyclic amines) is 1. The summed E-state index contributed by atoms with van der Waals surface area (Å²) in [5.41, 5.74) is 1.97. The van der Waals surface area contributed by atoms with Crippen LogP contribution in [0.15, 0.2) is 72.4 Å². The van der Waals surface area contributed by atoms with Gasteiger partial charge >= 0.3 is 6.03 Å². The molecule has 0 bridgehead atoms. The van der Waals surface area contributed by atoms with Gasteiger partial charge < -0.3 is 30.3 Å². The topological polar surface area (TPSA) is 149 Å². The molecule has 2 aliphatic heterocycles. The Kier molecular flexibility index (Phi) is 10.1. The van der Waals surface area contributed by atoms with E-state index in [0.29, 0.717) is 76.2 Å². The summed E-state index contributed by atoms with van der Waals surface area (Å²) < 4.78 is 11.1. The van der Waals surface area contributed by atoms with Gasteiger partial charge in [-0.25, -0.2) is 9.78 Å². The normalized spacial score (nSPS) is 16.2. The third-order valence-electron chi connectivity index (χ3n) is 8.63. The first-order valence-electron chi connectivity index (χ1n) is 16.4. The van der Waals surface area contributed by atoms with Crippen LogP contribution in [0.5, 0.6) is 11.5 Å². The van der Waals surface area contributed by atoms with Crippen molar-refractivity contribution in [1.29, 1.82) is 5.26 Å². The Balaban J connectivity index is 1.19. The molecule has 13 heteroatoms. The second kappa shape index (κ2) is 14.7. The van der Waals surface area contributed by atoms with Crippen molar-refractivity contribution < 1.29 is 23.9 Å². The van der Waals surface area contributed by atoms with E-state index in [0.717, 1.165) is 5.56 Å². The number of carbonyl (C=O) groups excluding carboxylic acids is 3. The fourth-order valence-electron chi connectivity index (χ4n) is 6.28. The van der Waals surface area contributed by atoms with E-state index in [-0.39, 0.29) is 30.0 Å². The highest BCUT2D eigenvalue weighted by Gasteiger charge is 2.35. The van der Waals surface area contributed by atoms with E-state index >= 15 is 0 Å². The maximum Gasteiger partial charge on any atom is 0.331 e. The van der Waals surface area contributed by atoms with Crippen LogP contribution in [0.25, 0.3) is 10.2 Å². The number of piperidine rings is 1. The first-order chi connectivity index (χ1) is 24.1. The van der Waals surface area contributed by atoms with Crippen LogP contribution in [0.3, 0.4) is 0 Å². The van der Waals surface area contributed by atoms with Crippen LogP contribution < -0.4 is 25.6 Å². The Morgan fingerprint density at radius 2 is 1.96 bits per heavy atom. The van der Waals surface area contributed by atoms with E-state index in [4.69, 9.17) is 9.47 Å². The fraction of sp³-hybridized carbons (Fsp3) is 0.324. The van der Waals surface area contributed by atoms with Crippen molar-refractivity contribution in [3.63, 3.8) is 0 Å². The first-order valence-corrected chi connectivity index (χ1v) is 17.2. The average molecular weight is 694 g/mol. The van der Waals surface area contributed by atoms with Crippen LogP contribution in [0, 0.1) is 18.3 Å². The second-order valence-corrected chi connectivity index (χ2v) is 13.8. The van der Waals surface area contributed by atoms with Crippen LogP contribution in [-0.2, 0) is 9.53 Å². The quantitative estimate of drug-likeness (QED) is 0.0947. The predicted octanol–water partition coefficient (Wildman–Crippen LogP) is 6.27. The number of carbonyl (C=O) groups is 3. The number of thiophene rings is 1. The van der Waals surface area contributed by atoms with Crippen molar-refractivity contribution >= 4 is 56.5 Å². The molecular formula is C37H39N7O5S. The molecule has 1 atom stereocenters. The van der Waals surface area contributed by atoms with E-state index in [1.54, 1.807) is 35.2 Å². The first kappa shape index (κ1) is 34.6. The number of ether oxygens (including phenoxy) is 2. The molecule has 4 heterocycles. The van der Waals surface area contributed by atoms with Gasteiger partial charge in [0.15, 0.2) is 0 Å². The number of para-hydroxylation sites is 1. The zero-order valence-electron chi connectivity index (χ0n) is 28.4. The minimum atomic E-state index is -0.600. The number of pyridine rings is 1. The van der Waals surface area contributed by atoms with Gasteiger partial charge in [-0.2, -0.15) is 5.26 Å². The van der Waals surface area contributed by atoms with Crippen molar-refractivity contribution in [2.45, 2.75) is 45.2 Å². The van der Waals surface area contributed by atoms with E-state index in [9.17, 15) is 19.6 Å². The highest BCUT2D eigenvalue weighted by molar-refractivity contribution is 7.21. The fourth-order valence-corrected chi connectivity index (χ4v) is 7.30. The van der Waals surface area contributed by atoms with Gasteiger partial charge in [-0.1, -0.05) is 18.2 Å². The number of amides is 4. The maximum absolute atomic E-state index is 13.8. The second-order valence-electron chi connectivity index (χ2n) is 12.8. The molecule has 4 aromatic rings. The third kappa shape index (κ3) is 7.33. The molecule has 1 saturated heterocycles. The molecule has 50 heavy (non-hydrogen) atoms. The van der Waals surface area contributed by atoms with Crippen molar-refractivity contribution in [3.05, 3.63) is 82.9 Å². The molecule has 0 aliphatic carbocycles. The van der Waals surface area contributed by atoms with Gasteiger partial charge in [-0.05, 0) is 81.7 Å². The number of hydrogen-bond donors (Lipinski definition) is 3. The Morgan fingerprint density at radius 3 is 2.70 bits per heavy atom. The summed E-state index contributed by atoms with van der Waals surface area (Å²) in [4.78, 5) is 49.6. The molecule has 2 aromatic heterocycles. The molecular weight excluding hydrogens is 655 g/mol. The Bertz CT molecular complexity index is 2000. The van der Waals surface area contributed by atoms with Gasteiger partial charge in [0.25, 0.3) is 11.8 Å². The summed E-state index contributed by atoms with van der Waals surface area (Å²) in [6.07, 6.45) is 4.60. The zero-order chi connectivity index (χ0) is 35.4. The van der Waals surface area contributed by atoms with Crippen molar-refractivity contribution in [2.75, 3.05) is 43.6 Å². The third-order valence-corrected chi connectivity index (χ3v) is 9.72. The van der Waals surface area contributed by atoms with E-state index < -0.39 is 11.6 Å².